The van der Waals surface area contributed by atoms with E-state index in [1.54, 1.807) is 0 Å². The van der Waals surface area contributed by atoms with E-state index in [2.05, 4.69) is 11.9 Å². The zero-order chi connectivity index (χ0) is 14.6. The molecule has 2 fully saturated rings. The Bertz CT molecular complexity index is 695. The molecule has 0 radical (unpaired) electrons. The number of amides is 1. The van der Waals surface area contributed by atoms with E-state index in [0.717, 1.165) is 24.3 Å². The average Bonchev–Trinajstić information content (AvgIpc) is 3.07. The predicted octanol–water partition coefficient (Wildman–Crippen LogP) is 1.89. The number of carbonyl (C=O) groups is 1. The van der Waals surface area contributed by atoms with Crippen molar-refractivity contribution in [2.75, 3.05) is 13.1 Å². The molecule has 2 aliphatic rings. The quantitative estimate of drug-likeness (QED) is 0.804. The number of pyridine rings is 1. The summed E-state index contributed by atoms with van der Waals surface area (Å²) < 4.78 is 7.77. The summed E-state index contributed by atoms with van der Waals surface area (Å²) in [4.78, 5) is 19.3. The zero-order valence-electron chi connectivity index (χ0n) is 12.3. The number of ether oxygens (including phenoxy) is 1. The Morgan fingerprint density at radius 1 is 1.38 bits per heavy atom. The van der Waals surface area contributed by atoms with Crippen molar-refractivity contribution in [3.05, 3.63) is 35.8 Å². The first kappa shape index (κ1) is 12.8. The van der Waals surface area contributed by atoms with E-state index in [0.29, 0.717) is 24.3 Å². The van der Waals surface area contributed by atoms with Gasteiger partial charge < -0.3 is 9.64 Å². The minimum Gasteiger partial charge on any atom is -0.373 e. The number of aromatic nitrogens is 2. The van der Waals surface area contributed by atoms with Crippen LogP contribution in [0.25, 0.3) is 5.65 Å². The first-order valence-electron chi connectivity index (χ1n) is 7.52. The predicted molar refractivity (Wildman–Crippen MR) is 78.3 cm³/mol. The number of aryl methyl sites for hydroxylation is 1. The SMILES string of the molecule is Cc1nc2ccccn2c1C(=O)N1C[C@H]2C[C@H](C)O[C@H]2C1. The standard InChI is InChI=1S/C16H19N3O2/c1-10-7-12-8-18(9-13(12)21-10)16(20)15-11(2)17-14-5-3-4-6-19(14)15/h3-6,10,12-13H,7-9H2,1-2H3/t10-,12+,13-/m0/s1. The van der Waals surface area contributed by atoms with Gasteiger partial charge >= 0.3 is 0 Å². The molecule has 0 unspecified atom stereocenters. The third-order valence-electron chi connectivity index (χ3n) is 4.62. The monoisotopic (exact) mass is 285 g/mol. The molecule has 110 valence electrons. The van der Waals surface area contributed by atoms with Crippen LogP contribution in [0.4, 0.5) is 0 Å². The molecule has 0 bridgehead atoms. The van der Waals surface area contributed by atoms with Crippen molar-refractivity contribution in [1.29, 1.82) is 0 Å². The molecule has 5 heteroatoms. The highest BCUT2D eigenvalue weighted by Crippen LogP contribution is 2.33. The Balaban J connectivity index is 1.64. The molecule has 0 saturated carbocycles. The molecule has 2 aliphatic heterocycles. The third-order valence-corrected chi connectivity index (χ3v) is 4.62. The van der Waals surface area contributed by atoms with E-state index >= 15 is 0 Å². The maximum Gasteiger partial charge on any atom is 0.272 e. The highest BCUT2D eigenvalue weighted by Gasteiger charge is 2.42. The van der Waals surface area contributed by atoms with E-state index < -0.39 is 0 Å². The maximum atomic E-state index is 12.9. The lowest BCUT2D eigenvalue weighted by Crippen LogP contribution is -2.32. The van der Waals surface area contributed by atoms with Crippen LogP contribution in [0.5, 0.6) is 0 Å². The molecular formula is C16H19N3O2. The number of fused-ring (bicyclic) bond motifs is 2. The van der Waals surface area contributed by atoms with Crippen LogP contribution in [0, 0.1) is 12.8 Å². The molecule has 0 spiro atoms. The first-order chi connectivity index (χ1) is 10.1. The van der Waals surface area contributed by atoms with Gasteiger partial charge in [0.2, 0.25) is 0 Å². The molecular weight excluding hydrogens is 266 g/mol. The molecule has 0 N–H and O–H groups in total. The largest absolute Gasteiger partial charge is 0.373 e. The number of likely N-dealkylation sites (tertiary alicyclic amines) is 1. The Labute approximate surface area is 123 Å². The van der Waals surface area contributed by atoms with Crippen LogP contribution in [0.1, 0.15) is 29.5 Å². The number of imidazole rings is 1. The molecule has 3 atom stereocenters. The van der Waals surface area contributed by atoms with Crippen molar-refractivity contribution in [3.8, 4) is 0 Å². The van der Waals surface area contributed by atoms with Gasteiger partial charge in [0.1, 0.15) is 11.3 Å². The topological polar surface area (TPSA) is 46.8 Å². The highest BCUT2D eigenvalue weighted by atomic mass is 16.5. The van der Waals surface area contributed by atoms with Crippen LogP contribution in [0.3, 0.4) is 0 Å². The van der Waals surface area contributed by atoms with Gasteiger partial charge in [-0.25, -0.2) is 4.98 Å². The maximum absolute atomic E-state index is 12.9. The van der Waals surface area contributed by atoms with E-state index in [1.165, 1.54) is 0 Å². The fourth-order valence-corrected chi connectivity index (χ4v) is 3.69. The lowest BCUT2D eigenvalue weighted by atomic mass is 10.0. The van der Waals surface area contributed by atoms with Crippen LogP contribution in [0.15, 0.2) is 24.4 Å². The van der Waals surface area contributed by atoms with Gasteiger partial charge in [-0.3, -0.25) is 9.20 Å². The Kier molecular flexibility index (Phi) is 2.79. The summed E-state index contributed by atoms with van der Waals surface area (Å²) in [6.07, 6.45) is 3.50. The summed E-state index contributed by atoms with van der Waals surface area (Å²) in [6.45, 7) is 5.51. The van der Waals surface area contributed by atoms with Crippen LogP contribution in [-0.2, 0) is 4.74 Å². The fraction of sp³-hybridized carbons (Fsp3) is 0.500. The molecule has 2 aromatic heterocycles. The van der Waals surface area contributed by atoms with E-state index in [4.69, 9.17) is 4.74 Å². The molecule has 4 heterocycles. The second-order valence-corrected chi connectivity index (χ2v) is 6.17. The zero-order valence-corrected chi connectivity index (χ0v) is 12.3. The normalized spacial score (nSPS) is 28.3. The van der Waals surface area contributed by atoms with Crippen LogP contribution in [-0.4, -0.2) is 45.5 Å². The van der Waals surface area contributed by atoms with E-state index in [1.807, 2.05) is 40.6 Å². The van der Waals surface area contributed by atoms with Crippen molar-refractivity contribution in [3.63, 3.8) is 0 Å². The lowest BCUT2D eigenvalue weighted by Gasteiger charge is -2.18. The van der Waals surface area contributed by atoms with Crippen molar-refractivity contribution in [2.24, 2.45) is 5.92 Å². The summed E-state index contributed by atoms with van der Waals surface area (Å²) in [5, 5.41) is 0. The Morgan fingerprint density at radius 2 is 2.24 bits per heavy atom. The number of rotatable bonds is 1. The van der Waals surface area contributed by atoms with Crippen molar-refractivity contribution in [2.45, 2.75) is 32.5 Å². The van der Waals surface area contributed by atoms with Gasteiger partial charge in [-0.05, 0) is 32.4 Å². The van der Waals surface area contributed by atoms with Gasteiger partial charge in [-0.2, -0.15) is 0 Å². The summed E-state index contributed by atoms with van der Waals surface area (Å²) in [5.74, 6) is 0.556. The van der Waals surface area contributed by atoms with E-state index in [-0.39, 0.29) is 12.0 Å². The minimum atomic E-state index is 0.0665. The molecule has 2 aromatic rings. The summed E-state index contributed by atoms with van der Waals surface area (Å²) >= 11 is 0. The van der Waals surface area contributed by atoms with Crippen LogP contribution < -0.4 is 0 Å². The third kappa shape index (κ3) is 1.95. The van der Waals surface area contributed by atoms with Gasteiger partial charge in [-0.15, -0.1) is 0 Å². The highest BCUT2D eigenvalue weighted by molar-refractivity contribution is 5.95. The van der Waals surface area contributed by atoms with Crippen molar-refractivity contribution < 1.29 is 9.53 Å². The fourth-order valence-electron chi connectivity index (χ4n) is 3.69. The number of hydrogen-bond donors (Lipinski definition) is 0. The average molecular weight is 285 g/mol. The molecule has 5 nitrogen and oxygen atoms in total. The molecule has 0 aliphatic carbocycles. The molecule has 21 heavy (non-hydrogen) atoms. The van der Waals surface area contributed by atoms with Gasteiger partial charge in [0.25, 0.3) is 5.91 Å². The second kappa shape index (κ2) is 4.56. The second-order valence-electron chi connectivity index (χ2n) is 6.17. The summed E-state index contributed by atoms with van der Waals surface area (Å²) in [7, 11) is 0. The van der Waals surface area contributed by atoms with Gasteiger partial charge in [-0.1, -0.05) is 6.07 Å². The molecule has 0 aromatic carbocycles. The van der Waals surface area contributed by atoms with E-state index in [9.17, 15) is 4.79 Å². The van der Waals surface area contributed by atoms with Gasteiger partial charge in [0.05, 0.1) is 17.9 Å². The number of carbonyl (C=O) groups excluding carboxylic acids is 1. The summed E-state index contributed by atoms with van der Waals surface area (Å²) in [5.41, 5.74) is 2.29. The Morgan fingerprint density at radius 3 is 3.05 bits per heavy atom. The minimum absolute atomic E-state index is 0.0665. The lowest BCUT2D eigenvalue weighted by molar-refractivity contribution is 0.0441. The molecule has 4 rings (SSSR count). The van der Waals surface area contributed by atoms with Crippen molar-refractivity contribution >= 4 is 11.6 Å². The summed E-state index contributed by atoms with van der Waals surface area (Å²) in [6, 6.07) is 5.78. The van der Waals surface area contributed by atoms with Gasteiger partial charge in [0, 0.05) is 25.2 Å². The van der Waals surface area contributed by atoms with Crippen LogP contribution in [0.2, 0.25) is 0 Å². The number of nitrogens with zero attached hydrogens (tertiary/aromatic N) is 3. The Hall–Kier alpha value is -1.88. The van der Waals surface area contributed by atoms with Crippen molar-refractivity contribution in [1.82, 2.24) is 14.3 Å². The number of hydrogen-bond acceptors (Lipinski definition) is 3. The van der Waals surface area contributed by atoms with Gasteiger partial charge in [0.15, 0.2) is 0 Å². The first-order valence-corrected chi connectivity index (χ1v) is 7.52. The molecule has 2 saturated heterocycles. The smallest absolute Gasteiger partial charge is 0.272 e. The molecule has 1 amide bonds. The van der Waals surface area contributed by atoms with Crippen LogP contribution >= 0.6 is 0 Å².